The first-order valence-corrected chi connectivity index (χ1v) is 14.7. The number of fused-ring (bicyclic) bond motifs is 2. The number of methoxy groups -OCH3 is 1. The van der Waals surface area contributed by atoms with Crippen molar-refractivity contribution in [1.29, 1.82) is 0 Å². The van der Waals surface area contributed by atoms with Gasteiger partial charge in [-0.05, 0) is 63.1 Å². The molecule has 0 unspecified atom stereocenters. The Morgan fingerprint density at radius 2 is 2.00 bits per heavy atom. The highest BCUT2D eigenvalue weighted by molar-refractivity contribution is 6.32. The van der Waals surface area contributed by atoms with E-state index in [-0.39, 0.29) is 22.7 Å². The van der Waals surface area contributed by atoms with Crippen LogP contribution in [-0.4, -0.2) is 56.9 Å². The van der Waals surface area contributed by atoms with Crippen molar-refractivity contribution in [3.63, 3.8) is 0 Å². The Hall–Kier alpha value is -4.23. The van der Waals surface area contributed by atoms with Crippen LogP contribution in [0.4, 0.5) is 16.0 Å². The molecule has 0 spiro atoms. The lowest BCUT2D eigenvalue weighted by Gasteiger charge is -2.35. The fourth-order valence-electron chi connectivity index (χ4n) is 5.73. The first-order chi connectivity index (χ1) is 20.8. The maximum absolute atomic E-state index is 14.8. The van der Waals surface area contributed by atoms with E-state index in [0.29, 0.717) is 29.1 Å². The molecule has 4 heterocycles. The van der Waals surface area contributed by atoms with Crippen LogP contribution >= 0.6 is 11.6 Å². The van der Waals surface area contributed by atoms with Gasteiger partial charge in [0.15, 0.2) is 0 Å². The van der Waals surface area contributed by atoms with Gasteiger partial charge in [0.05, 0.1) is 21.5 Å². The Morgan fingerprint density at radius 3 is 2.74 bits per heavy atom. The van der Waals surface area contributed by atoms with Gasteiger partial charge in [0, 0.05) is 67.5 Å². The summed E-state index contributed by atoms with van der Waals surface area (Å²) in [5, 5.41) is 4.68. The summed E-state index contributed by atoms with van der Waals surface area (Å²) in [6, 6.07) is 13.6. The third kappa shape index (κ3) is 5.74. The molecule has 220 valence electrons. The molecule has 1 fully saturated rings. The maximum atomic E-state index is 14.8. The van der Waals surface area contributed by atoms with Gasteiger partial charge in [-0.3, -0.25) is 9.36 Å². The first kappa shape index (κ1) is 28.9. The molecule has 3 aromatic heterocycles. The average Bonchev–Trinajstić information content (AvgIpc) is 3.42. The van der Waals surface area contributed by atoms with Crippen LogP contribution in [-0.2, 0) is 4.74 Å². The van der Waals surface area contributed by atoms with E-state index in [0.717, 1.165) is 41.6 Å². The van der Waals surface area contributed by atoms with Gasteiger partial charge in [0.25, 0.3) is 5.56 Å². The van der Waals surface area contributed by atoms with Crippen molar-refractivity contribution in [3.05, 3.63) is 87.8 Å². The number of rotatable bonds is 6. The fourth-order valence-corrected chi connectivity index (χ4v) is 5.99. The monoisotopic (exact) mass is 598 g/mol. The molecule has 0 aliphatic carbocycles. The lowest BCUT2D eigenvalue weighted by Crippen LogP contribution is -2.38. The van der Waals surface area contributed by atoms with Crippen LogP contribution in [0.2, 0.25) is 5.02 Å². The molecule has 43 heavy (non-hydrogen) atoms. The Kier molecular flexibility index (Phi) is 8.17. The van der Waals surface area contributed by atoms with Gasteiger partial charge in [0.2, 0.25) is 5.95 Å². The van der Waals surface area contributed by atoms with E-state index in [1.807, 2.05) is 6.07 Å². The van der Waals surface area contributed by atoms with Gasteiger partial charge in [-0.15, -0.1) is 0 Å². The number of anilines is 2. The Bertz CT molecular complexity index is 1910. The Morgan fingerprint density at radius 1 is 1.19 bits per heavy atom. The van der Waals surface area contributed by atoms with E-state index in [1.54, 1.807) is 0 Å². The predicted molar refractivity (Wildman–Crippen MR) is 169 cm³/mol. The minimum absolute atomic E-state index is 0.0567. The smallest absolute Gasteiger partial charge is 0.266 e. The molecule has 0 atom stereocenters. The predicted octanol–water partition coefficient (Wildman–Crippen LogP) is 6.31. The molecule has 8 nitrogen and oxygen atoms in total. The van der Waals surface area contributed by atoms with Crippen LogP contribution < -0.4 is 10.9 Å². The van der Waals surface area contributed by atoms with Crippen molar-refractivity contribution in [3.8, 4) is 17.5 Å². The summed E-state index contributed by atoms with van der Waals surface area (Å²) in [5.74, 6) is 5.57. The third-order valence-electron chi connectivity index (χ3n) is 7.97. The van der Waals surface area contributed by atoms with E-state index < -0.39 is 11.4 Å². The summed E-state index contributed by atoms with van der Waals surface area (Å²) in [6.45, 7) is 6.90. The van der Waals surface area contributed by atoms with Crippen molar-refractivity contribution < 1.29 is 9.13 Å². The van der Waals surface area contributed by atoms with E-state index in [4.69, 9.17) is 16.3 Å². The number of likely N-dealkylation sites (tertiary alicyclic amines) is 1. The third-order valence-corrected chi connectivity index (χ3v) is 8.27. The topological polar surface area (TPSA) is 77.2 Å². The van der Waals surface area contributed by atoms with Gasteiger partial charge in [-0.25, -0.2) is 14.4 Å². The second-order valence-electron chi connectivity index (χ2n) is 11.0. The SMILES string of the molecule is COCC#Cc1cn(-c2c(F)cccc2Cl)c(=O)c2cnc(Nc3ccc4c(ccn4C4CCN(C(C)C)CC4)c3)nc12. The number of benzene rings is 2. The van der Waals surface area contributed by atoms with Gasteiger partial charge in [-0.1, -0.05) is 29.5 Å². The standard InChI is InChI=1S/C33H32ClFN6O2/c1-21(2)39-14-12-25(13-15-39)40-16-11-22-18-24(9-10-29(22)40)37-33-36-19-26-30(38-33)23(6-5-17-43-3)20-41(32(26)42)31-27(34)7-4-8-28(31)35/h4,7-11,16,18-21,25H,12-15,17H2,1-3H3,(H,36,37,38). The summed E-state index contributed by atoms with van der Waals surface area (Å²) in [7, 11) is 1.54. The largest absolute Gasteiger partial charge is 0.372 e. The number of para-hydroxylation sites is 1. The van der Waals surface area contributed by atoms with Crippen LogP contribution in [0.1, 0.15) is 38.3 Å². The average molecular weight is 599 g/mol. The summed E-state index contributed by atoms with van der Waals surface area (Å²) >= 11 is 6.29. The van der Waals surface area contributed by atoms with Crippen LogP contribution in [0.3, 0.4) is 0 Å². The number of hydrogen-bond donors (Lipinski definition) is 1. The van der Waals surface area contributed by atoms with E-state index in [2.05, 4.69) is 74.8 Å². The fraction of sp³-hybridized carbons (Fsp3) is 0.303. The molecule has 0 saturated carbocycles. The molecular weight excluding hydrogens is 567 g/mol. The molecule has 1 aliphatic rings. The highest BCUT2D eigenvalue weighted by Gasteiger charge is 2.23. The molecule has 1 aliphatic heterocycles. The number of nitrogens with one attached hydrogen (secondary N) is 1. The second-order valence-corrected chi connectivity index (χ2v) is 11.4. The van der Waals surface area contributed by atoms with Crippen molar-refractivity contribution in [1.82, 2.24) is 24.0 Å². The van der Waals surface area contributed by atoms with E-state index in [1.165, 1.54) is 43.2 Å². The molecule has 5 aromatic rings. The van der Waals surface area contributed by atoms with Gasteiger partial charge in [-0.2, -0.15) is 0 Å². The van der Waals surface area contributed by atoms with Crippen molar-refractivity contribution >= 4 is 45.0 Å². The summed E-state index contributed by atoms with van der Waals surface area (Å²) < 4.78 is 23.4. The molecule has 1 saturated heterocycles. The number of piperidine rings is 1. The summed E-state index contributed by atoms with van der Waals surface area (Å²) in [4.78, 5) is 25.1. The highest BCUT2D eigenvalue weighted by Crippen LogP contribution is 2.31. The maximum Gasteiger partial charge on any atom is 0.266 e. The number of pyridine rings is 1. The zero-order chi connectivity index (χ0) is 30.1. The van der Waals surface area contributed by atoms with E-state index >= 15 is 0 Å². The van der Waals surface area contributed by atoms with Gasteiger partial charge >= 0.3 is 0 Å². The molecule has 6 rings (SSSR count). The second kappa shape index (κ2) is 12.2. The van der Waals surface area contributed by atoms with Crippen LogP contribution in [0, 0.1) is 17.7 Å². The number of aromatic nitrogens is 4. The quantitative estimate of drug-likeness (QED) is 0.231. The van der Waals surface area contributed by atoms with Crippen molar-refractivity contribution in [2.75, 3.05) is 32.1 Å². The molecule has 2 aromatic carbocycles. The zero-order valence-electron chi connectivity index (χ0n) is 24.3. The zero-order valence-corrected chi connectivity index (χ0v) is 25.0. The molecule has 1 N–H and O–H groups in total. The molecule has 0 bridgehead atoms. The Labute approximate surface area is 254 Å². The molecule has 10 heteroatoms. The number of hydrogen-bond acceptors (Lipinski definition) is 6. The van der Waals surface area contributed by atoms with Crippen LogP contribution in [0.15, 0.2) is 65.8 Å². The normalized spacial score (nSPS) is 14.4. The number of halogens is 2. The van der Waals surface area contributed by atoms with Gasteiger partial charge in [0.1, 0.15) is 18.1 Å². The van der Waals surface area contributed by atoms with Crippen LogP contribution in [0.5, 0.6) is 0 Å². The first-order valence-electron chi connectivity index (χ1n) is 14.3. The van der Waals surface area contributed by atoms with Crippen molar-refractivity contribution in [2.45, 2.75) is 38.8 Å². The van der Waals surface area contributed by atoms with Gasteiger partial charge < -0.3 is 19.5 Å². The molecular formula is C33H32ClFN6O2. The summed E-state index contributed by atoms with van der Waals surface area (Å²) in [6.07, 6.45) is 7.32. The molecule has 0 radical (unpaired) electrons. The summed E-state index contributed by atoms with van der Waals surface area (Å²) in [5.41, 5.74) is 2.20. The number of ether oxygens (including phenoxy) is 1. The van der Waals surface area contributed by atoms with E-state index in [9.17, 15) is 9.18 Å². The Balaban J connectivity index is 1.33. The molecule has 0 amide bonds. The van der Waals surface area contributed by atoms with Crippen molar-refractivity contribution in [2.24, 2.45) is 0 Å². The highest BCUT2D eigenvalue weighted by atomic mass is 35.5. The lowest BCUT2D eigenvalue weighted by molar-refractivity contribution is 0.153. The van der Waals surface area contributed by atoms with Crippen LogP contribution in [0.25, 0.3) is 27.5 Å². The minimum atomic E-state index is -0.630. The number of nitrogens with zero attached hydrogens (tertiary/aromatic N) is 5. The lowest BCUT2D eigenvalue weighted by atomic mass is 10.0. The minimum Gasteiger partial charge on any atom is -0.372 e.